The number of aromatic nitrogens is 1. The van der Waals surface area contributed by atoms with Crippen LogP contribution in [-0.2, 0) is 6.61 Å². The normalized spacial score (nSPS) is 14.1. The minimum atomic E-state index is 0.175. The van der Waals surface area contributed by atoms with Gasteiger partial charge >= 0.3 is 0 Å². The van der Waals surface area contributed by atoms with E-state index in [0.29, 0.717) is 17.2 Å². The highest BCUT2D eigenvalue weighted by atomic mass is 32.1. The van der Waals surface area contributed by atoms with Gasteiger partial charge in [0, 0.05) is 16.6 Å². The minimum Gasteiger partial charge on any atom is -0.510 e. The number of hydrogen-bond acceptors (Lipinski definition) is 5. The van der Waals surface area contributed by atoms with Gasteiger partial charge in [0.1, 0.15) is 29.0 Å². The predicted octanol–water partition coefficient (Wildman–Crippen LogP) is 5.11. The van der Waals surface area contributed by atoms with E-state index in [2.05, 4.69) is 4.98 Å². The summed E-state index contributed by atoms with van der Waals surface area (Å²) in [5, 5.41) is 19.8. The number of thiazole rings is 1. The van der Waals surface area contributed by atoms with Crippen molar-refractivity contribution >= 4 is 28.4 Å². The number of nitrogens with one attached hydrogen (secondary N) is 1. The second-order valence-electron chi connectivity index (χ2n) is 6.69. The van der Waals surface area contributed by atoms with Crippen LogP contribution in [0.1, 0.15) is 21.1 Å². The summed E-state index contributed by atoms with van der Waals surface area (Å²) in [7, 11) is 0. The zero-order valence-electron chi connectivity index (χ0n) is 15.8. The number of hydrogen-bond donors (Lipinski definition) is 2. The Morgan fingerprint density at radius 3 is 2.64 bits per heavy atom. The molecule has 0 fully saturated rings. The molecule has 5 nitrogen and oxygen atoms in total. The van der Waals surface area contributed by atoms with E-state index in [9.17, 15) is 5.11 Å². The second-order valence-corrected chi connectivity index (χ2v) is 7.89. The third-order valence-electron chi connectivity index (χ3n) is 4.72. The first-order valence-corrected chi connectivity index (χ1v) is 9.84. The number of anilines is 1. The molecule has 4 rings (SSSR count). The number of benzene rings is 2. The van der Waals surface area contributed by atoms with Crippen molar-refractivity contribution in [2.24, 2.45) is 0 Å². The summed E-state index contributed by atoms with van der Waals surface area (Å²) in [6, 6.07) is 17.6. The lowest BCUT2D eigenvalue weighted by Crippen LogP contribution is -2.26. The van der Waals surface area contributed by atoms with E-state index in [-0.39, 0.29) is 18.1 Å². The van der Waals surface area contributed by atoms with E-state index >= 15 is 0 Å². The molecule has 2 heterocycles. The van der Waals surface area contributed by atoms with E-state index in [1.54, 1.807) is 4.90 Å². The van der Waals surface area contributed by atoms with Gasteiger partial charge in [-0.1, -0.05) is 36.4 Å². The van der Waals surface area contributed by atoms with Gasteiger partial charge in [-0.2, -0.15) is 0 Å². The highest BCUT2D eigenvalue weighted by molar-refractivity contribution is 7.13. The topological polar surface area (TPSA) is 69.4 Å². The summed E-state index contributed by atoms with van der Waals surface area (Å²) < 4.78 is 5.90. The van der Waals surface area contributed by atoms with Crippen LogP contribution in [0.2, 0.25) is 0 Å². The molecule has 0 aliphatic carbocycles. The Labute approximate surface area is 168 Å². The van der Waals surface area contributed by atoms with Gasteiger partial charge in [0.15, 0.2) is 0 Å². The fourth-order valence-electron chi connectivity index (χ4n) is 3.09. The van der Waals surface area contributed by atoms with Crippen molar-refractivity contribution in [3.8, 4) is 5.75 Å². The molecule has 3 aromatic rings. The second kappa shape index (κ2) is 7.48. The molecule has 0 atom stereocenters. The molecule has 0 radical (unpaired) electrons. The first-order valence-electron chi connectivity index (χ1n) is 9.02. The summed E-state index contributed by atoms with van der Waals surface area (Å²) in [6.45, 7) is 4.68. The highest BCUT2D eigenvalue weighted by Crippen LogP contribution is 2.34. The number of nitrogens with zero attached hydrogens (tertiary/aromatic N) is 2. The van der Waals surface area contributed by atoms with Crippen LogP contribution >= 0.6 is 11.3 Å². The SMILES string of the molecule is Cc1nc(C2=C(O)CN(c3cccc(OCc4ccccc4)c3)C2=N)sc1C. The van der Waals surface area contributed by atoms with Crippen LogP contribution in [0.15, 0.2) is 60.4 Å². The van der Waals surface area contributed by atoms with Crippen molar-refractivity contribution < 1.29 is 9.84 Å². The summed E-state index contributed by atoms with van der Waals surface area (Å²) >= 11 is 1.50. The van der Waals surface area contributed by atoms with Crippen LogP contribution in [0.4, 0.5) is 5.69 Å². The standard InChI is InChI=1S/C22H21N3O2S/c1-14-15(2)28-22(24-14)20-19(26)12-25(21(20)23)17-9-6-10-18(11-17)27-13-16-7-4-3-5-8-16/h3-11,23,26H,12-13H2,1-2H3. The van der Waals surface area contributed by atoms with Gasteiger partial charge in [0.2, 0.25) is 0 Å². The van der Waals surface area contributed by atoms with E-state index in [1.165, 1.54) is 11.3 Å². The third kappa shape index (κ3) is 3.51. The smallest absolute Gasteiger partial charge is 0.139 e. The van der Waals surface area contributed by atoms with Gasteiger partial charge in [-0.15, -0.1) is 11.3 Å². The lowest BCUT2D eigenvalue weighted by atomic mass is 10.2. The molecule has 1 aliphatic heterocycles. The molecular formula is C22H21N3O2S. The number of amidine groups is 1. The summed E-state index contributed by atoms with van der Waals surface area (Å²) in [5.41, 5.74) is 3.35. The van der Waals surface area contributed by atoms with Gasteiger partial charge in [-0.3, -0.25) is 5.41 Å². The minimum absolute atomic E-state index is 0.175. The maximum absolute atomic E-state index is 10.5. The van der Waals surface area contributed by atoms with Gasteiger partial charge in [0.25, 0.3) is 0 Å². The molecule has 2 aromatic carbocycles. The van der Waals surface area contributed by atoms with Crippen LogP contribution in [0, 0.1) is 19.3 Å². The maximum atomic E-state index is 10.5. The zero-order chi connectivity index (χ0) is 19.7. The first kappa shape index (κ1) is 18.3. The first-order chi connectivity index (χ1) is 13.5. The number of aryl methyl sites for hydroxylation is 2. The van der Waals surface area contributed by atoms with Gasteiger partial charge in [0.05, 0.1) is 17.8 Å². The third-order valence-corrected chi connectivity index (χ3v) is 5.81. The van der Waals surface area contributed by atoms with Crippen LogP contribution in [0.5, 0.6) is 5.75 Å². The fraction of sp³-hybridized carbons (Fsp3) is 0.182. The van der Waals surface area contributed by atoms with Crippen LogP contribution in [0.3, 0.4) is 0 Å². The molecule has 0 amide bonds. The van der Waals surface area contributed by atoms with Crippen molar-refractivity contribution in [1.29, 1.82) is 5.41 Å². The molecule has 1 aromatic heterocycles. The van der Waals surface area contributed by atoms with Crippen LogP contribution in [-0.4, -0.2) is 22.5 Å². The Hall–Kier alpha value is -3.12. The Kier molecular flexibility index (Phi) is 4.88. The molecule has 2 N–H and O–H groups in total. The van der Waals surface area contributed by atoms with E-state index in [1.807, 2.05) is 68.4 Å². The average molecular weight is 391 g/mol. The van der Waals surface area contributed by atoms with E-state index in [0.717, 1.165) is 27.6 Å². The quantitative estimate of drug-likeness (QED) is 0.634. The average Bonchev–Trinajstić information content (AvgIpc) is 3.19. The Bertz CT molecular complexity index is 1040. The van der Waals surface area contributed by atoms with Crippen molar-refractivity contribution in [2.45, 2.75) is 20.5 Å². The summed E-state index contributed by atoms with van der Waals surface area (Å²) in [6.07, 6.45) is 0. The Balaban J connectivity index is 1.53. The number of rotatable bonds is 5. The predicted molar refractivity (Wildman–Crippen MR) is 113 cm³/mol. The Morgan fingerprint density at radius 2 is 1.93 bits per heavy atom. The molecule has 0 unspecified atom stereocenters. The highest BCUT2D eigenvalue weighted by Gasteiger charge is 2.31. The van der Waals surface area contributed by atoms with Crippen molar-refractivity contribution in [3.05, 3.63) is 81.5 Å². The number of aliphatic hydroxyl groups is 1. The van der Waals surface area contributed by atoms with Gasteiger partial charge < -0.3 is 14.7 Å². The van der Waals surface area contributed by atoms with Crippen LogP contribution in [0.25, 0.3) is 5.57 Å². The molecule has 0 spiro atoms. The molecule has 28 heavy (non-hydrogen) atoms. The number of aliphatic hydroxyl groups excluding tert-OH is 1. The van der Waals surface area contributed by atoms with Crippen molar-refractivity contribution in [2.75, 3.05) is 11.4 Å². The molecule has 0 saturated carbocycles. The molecule has 0 bridgehead atoms. The number of ether oxygens (including phenoxy) is 1. The summed E-state index contributed by atoms with van der Waals surface area (Å²) in [4.78, 5) is 7.38. The largest absolute Gasteiger partial charge is 0.510 e. The maximum Gasteiger partial charge on any atom is 0.139 e. The van der Waals surface area contributed by atoms with E-state index < -0.39 is 0 Å². The molecule has 0 saturated heterocycles. The monoisotopic (exact) mass is 391 g/mol. The lowest BCUT2D eigenvalue weighted by molar-refractivity contribution is 0.306. The summed E-state index contributed by atoms with van der Waals surface area (Å²) in [5.74, 6) is 1.16. The van der Waals surface area contributed by atoms with Crippen molar-refractivity contribution in [3.63, 3.8) is 0 Å². The molecule has 142 valence electrons. The van der Waals surface area contributed by atoms with Crippen molar-refractivity contribution in [1.82, 2.24) is 4.98 Å². The van der Waals surface area contributed by atoms with Gasteiger partial charge in [-0.05, 0) is 31.5 Å². The fourth-order valence-corrected chi connectivity index (χ4v) is 4.07. The van der Waals surface area contributed by atoms with E-state index in [4.69, 9.17) is 10.1 Å². The zero-order valence-corrected chi connectivity index (χ0v) is 16.6. The molecule has 1 aliphatic rings. The molecule has 6 heteroatoms. The van der Waals surface area contributed by atoms with Gasteiger partial charge in [-0.25, -0.2) is 4.98 Å². The molecular weight excluding hydrogens is 370 g/mol. The lowest BCUT2D eigenvalue weighted by Gasteiger charge is -2.19. The Morgan fingerprint density at radius 1 is 1.14 bits per heavy atom. The van der Waals surface area contributed by atoms with Crippen LogP contribution < -0.4 is 9.64 Å².